The molecule has 0 aliphatic carbocycles. The Labute approximate surface area is 90.7 Å². The maximum Gasteiger partial charge on any atom is 0.221 e. The second kappa shape index (κ2) is 3.92. The van der Waals surface area contributed by atoms with Crippen LogP contribution in [0, 0.1) is 11.6 Å². The number of carbonyl (C=O) groups excluding carboxylic acids is 1. The number of hydrogen-bond acceptors (Lipinski definition) is 2. The molecule has 1 N–H and O–H groups in total. The van der Waals surface area contributed by atoms with Crippen LogP contribution in [-0.4, -0.2) is 12.5 Å². The smallest absolute Gasteiger partial charge is 0.221 e. The van der Waals surface area contributed by atoms with Gasteiger partial charge < -0.3 is 10.1 Å². The van der Waals surface area contributed by atoms with Gasteiger partial charge in [0, 0.05) is 18.6 Å². The van der Waals surface area contributed by atoms with Gasteiger partial charge in [0.2, 0.25) is 5.91 Å². The van der Waals surface area contributed by atoms with E-state index in [2.05, 4.69) is 5.32 Å². The van der Waals surface area contributed by atoms with Crippen molar-refractivity contribution in [2.24, 2.45) is 0 Å². The fourth-order valence-electron chi connectivity index (χ4n) is 1.52. The number of fused-ring (bicyclic) bond motifs is 1. The van der Waals surface area contributed by atoms with Gasteiger partial charge >= 0.3 is 0 Å². The van der Waals surface area contributed by atoms with Crippen LogP contribution in [0.4, 0.5) is 8.78 Å². The first-order valence-electron chi connectivity index (χ1n) is 4.66. The lowest BCUT2D eigenvalue weighted by molar-refractivity contribution is -0.118. The van der Waals surface area contributed by atoms with E-state index in [1.54, 1.807) is 0 Å². The molecule has 0 radical (unpaired) electrons. The van der Waals surface area contributed by atoms with Gasteiger partial charge in [-0.3, -0.25) is 4.79 Å². The van der Waals surface area contributed by atoms with E-state index in [4.69, 9.17) is 4.74 Å². The van der Waals surface area contributed by atoms with Crippen molar-refractivity contribution in [1.82, 2.24) is 5.32 Å². The lowest BCUT2D eigenvalue weighted by atomic mass is 10.1. The van der Waals surface area contributed by atoms with E-state index < -0.39 is 11.6 Å². The minimum absolute atomic E-state index is 0.00972. The van der Waals surface area contributed by atoms with E-state index in [1.807, 2.05) is 0 Å². The molecule has 1 heterocycles. The first-order valence-corrected chi connectivity index (χ1v) is 4.66. The summed E-state index contributed by atoms with van der Waals surface area (Å²) in [5.41, 5.74) is 0.762. The molecular weight excluding hydrogens is 216 g/mol. The fourth-order valence-corrected chi connectivity index (χ4v) is 1.52. The van der Waals surface area contributed by atoms with Crippen molar-refractivity contribution in [3.8, 4) is 5.75 Å². The highest BCUT2D eigenvalue weighted by atomic mass is 19.1. The normalized spacial score (nSPS) is 13.6. The molecule has 0 aromatic heterocycles. The molecular formula is C11H9F2NO2. The van der Waals surface area contributed by atoms with E-state index in [0.717, 1.165) is 12.1 Å². The lowest BCUT2D eigenvalue weighted by Gasteiger charge is -2.18. The van der Waals surface area contributed by atoms with Crippen LogP contribution in [0.3, 0.4) is 0 Å². The average Bonchev–Trinajstić information content (AvgIpc) is 2.15. The highest BCUT2D eigenvalue weighted by Crippen LogP contribution is 2.29. The standard InChI is InChI=1S/C11H9F2NO2/c1-6(15)14-9-3-7-2-8(12)4-10(13)11(7)16-5-9/h2-4H,5H2,1H3,(H,14,15). The molecule has 2 rings (SSSR count). The van der Waals surface area contributed by atoms with Gasteiger partial charge in [0.25, 0.3) is 0 Å². The predicted octanol–water partition coefficient (Wildman–Crippen LogP) is 1.83. The Bertz CT molecular complexity index is 483. The van der Waals surface area contributed by atoms with Crippen molar-refractivity contribution in [3.05, 3.63) is 35.0 Å². The third kappa shape index (κ3) is 2.03. The van der Waals surface area contributed by atoms with Crippen LogP contribution in [0.1, 0.15) is 12.5 Å². The fraction of sp³-hybridized carbons (Fsp3) is 0.182. The topological polar surface area (TPSA) is 38.3 Å². The Morgan fingerprint density at radius 1 is 1.44 bits per heavy atom. The number of hydrogen-bond donors (Lipinski definition) is 1. The summed E-state index contributed by atoms with van der Waals surface area (Å²) in [5, 5.41) is 2.51. The van der Waals surface area contributed by atoms with Gasteiger partial charge in [-0.1, -0.05) is 0 Å². The molecule has 1 amide bonds. The van der Waals surface area contributed by atoms with Crippen LogP contribution in [0.15, 0.2) is 17.8 Å². The maximum absolute atomic E-state index is 13.2. The number of halogens is 2. The largest absolute Gasteiger partial charge is 0.484 e. The highest BCUT2D eigenvalue weighted by molar-refractivity contribution is 5.77. The number of ether oxygens (including phenoxy) is 1. The van der Waals surface area contributed by atoms with Gasteiger partial charge in [0.1, 0.15) is 12.4 Å². The molecule has 0 bridgehead atoms. The summed E-state index contributed by atoms with van der Waals surface area (Å²) in [4.78, 5) is 10.8. The number of nitrogens with one attached hydrogen (secondary N) is 1. The van der Waals surface area contributed by atoms with Gasteiger partial charge in [0.05, 0.1) is 5.70 Å². The summed E-state index contributed by atoms with van der Waals surface area (Å²) < 4.78 is 31.3. The maximum atomic E-state index is 13.2. The van der Waals surface area contributed by atoms with Crippen molar-refractivity contribution >= 4 is 12.0 Å². The molecule has 5 heteroatoms. The molecule has 1 aromatic carbocycles. The molecule has 0 saturated heterocycles. The van der Waals surface area contributed by atoms with Crippen molar-refractivity contribution < 1.29 is 18.3 Å². The van der Waals surface area contributed by atoms with Gasteiger partial charge in [-0.05, 0) is 12.1 Å². The van der Waals surface area contributed by atoms with E-state index in [-0.39, 0.29) is 23.8 Å². The van der Waals surface area contributed by atoms with Crippen LogP contribution in [-0.2, 0) is 4.79 Å². The highest BCUT2D eigenvalue weighted by Gasteiger charge is 2.17. The quantitative estimate of drug-likeness (QED) is 0.791. The number of carbonyl (C=O) groups is 1. The molecule has 0 spiro atoms. The van der Waals surface area contributed by atoms with Crippen LogP contribution >= 0.6 is 0 Å². The van der Waals surface area contributed by atoms with Crippen molar-refractivity contribution in [3.63, 3.8) is 0 Å². The molecule has 84 valence electrons. The van der Waals surface area contributed by atoms with E-state index in [1.165, 1.54) is 13.0 Å². The minimum Gasteiger partial charge on any atom is -0.484 e. The van der Waals surface area contributed by atoms with Crippen LogP contribution in [0.2, 0.25) is 0 Å². The molecule has 1 aliphatic heterocycles. The molecule has 0 fully saturated rings. The molecule has 0 atom stereocenters. The third-order valence-corrected chi connectivity index (χ3v) is 2.08. The zero-order chi connectivity index (χ0) is 11.7. The number of rotatable bonds is 1. The third-order valence-electron chi connectivity index (χ3n) is 2.08. The molecule has 0 unspecified atom stereocenters. The van der Waals surface area contributed by atoms with E-state index >= 15 is 0 Å². The number of amides is 1. The Kier molecular flexibility index (Phi) is 2.60. The molecule has 16 heavy (non-hydrogen) atoms. The van der Waals surface area contributed by atoms with E-state index in [0.29, 0.717) is 5.70 Å². The molecule has 1 aromatic rings. The van der Waals surface area contributed by atoms with Crippen molar-refractivity contribution in [2.45, 2.75) is 6.92 Å². The van der Waals surface area contributed by atoms with Gasteiger partial charge in [-0.2, -0.15) is 0 Å². The molecule has 3 nitrogen and oxygen atoms in total. The first-order chi connectivity index (χ1) is 7.56. The van der Waals surface area contributed by atoms with Crippen LogP contribution < -0.4 is 10.1 Å². The minimum atomic E-state index is -0.742. The summed E-state index contributed by atoms with van der Waals surface area (Å²) in [6.07, 6.45) is 1.49. The van der Waals surface area contributed by atoms with Crippen molar-refractivity contribution in [1.29, 1.82) is 0 Å². The zero-order valence-corrected chi connectivity index (χ0v) is 8.51. The summed E-state index contributed by atoms with van der Waals surface area (Å²) in [6, 6.07) is 1.91. The second-order valence-corrected chi connectivity index (χ2v) is 3.45. The van der Waals surface area contributed by atoms with Crippen LogP contribution in [0.5, 0.6) is 5.75 Å². The van der Waals surface area contributed by atoms with Crippen LogP contribution in [0.25, 0.3) is 6.08 Å². The SMILES string of the molecule is CC(=O)NC1=Cc2cc(F)cc(F)c2OC1. The Morgan fingerprint density at radius 2 is 2.19 bits per heavy atom. The lowest BCUT2D eigenvalue weighted by Crippen LogP contribution is -2.25. The van der Waals surface area contributed by atoms with Gasteiger partial charge in [-0.15, -0.1) is 0 Å². The van der Waals surface area contributed by atoms with Gasteiger partial charge in [0.15, 0.2) is 11.6 Å². The van der Waals surface area contributed by atoms with Gasteiger partial charge in [-0.25, -0.2) is 8.78 Å². The summed E-state index contributed by atoms with van der Waals surface area (Å²) in [7, 11) is 0. The summed E-state index contributed by atoms with van der Waals surface area (Å²) >= 11 is 0. The van der Waals surface area contributed by atoms with Crippen molar-refractivity contribution in [2.75, 3.05) is 6.61 Å². The molecule has 1 aliphatic rings. The second-order valence-electron chi connectivity index (χ2n) is 3.45. The first kappa shape index (κ1) is 10.6. The Morgan fingerprint density at radius 3 is 2.88 bits per heavy atom. The number of benzene rings is 1. The summed E-state index contributed by atoms with van der Waals surface area (Å²) in [6.45, 7) is 1.41. The Balaban J connectivity index is 2.39. The molecule has 0 saturated carbocycles. The zero-order valence-electron chi connectivity index (χ0n) is 8.51. The Hall–Kier alpha value is -1.91. The summed E-state index contributed by atoms with van der Waals surface area (Å²) in [5.74, 6) is -1.67. The average molecular weight is 225 g/mol. The monoisotopic (exact) mass is 225 g/mol. The predicted molar refractivity (Wildman–Crippen MR) is 53.6 cm³/mol. The van der Waals surface area contributed by atoms with E-state index in [9.17, 15) is 13.6 Å².